The van der Waals surface area contributed by atoms with E-state index < -0.39 is 5.82 Å². The van der Waals surface area contributed by atoms with Crippen LogP contribution in [0.5, 0.6) is 0 Å². The van der Waals surface area contributed by atoms with E-state index in [-0.39, 0.29) is 5.02 Å². The highest BCUT2D eigenvalue weighted by molar-refractivity contribution is 7.12. The first-order chi connectivity index (χ1) is 7.61. The highest BCUT2D eigenvalue weighted by Gasteiger charge is 2.10. The average Bonchev–Trinajstić information content (AvgIpc) is 2.64. The maximum Gasteiger partial charge on any atom is 0.141 e. The zero-order valence-electron chi connectivity index (χ0n) is 8.63. The molecule has 0 aliphatic carbocycles. The summed E-state index contributed by atoms with van der Waals surface area (Å²) in [5.41, 5.74) is 7.17. The van der Waals surface area contributed by atoms with Gasteiger partial charge in [-0.15, -0.1) is 11.3 Å². The van der Waals surface area contributed by atoms with Crippen molar-refractivity contribution in [3.05, 3.63) is 38.9 Å². The lowest BCUT2D eigenvalue weighted by molar-refractivity contribution is 0.628. The van der Waals surface area contributed by atoms with Crippen LogP contribution in [-0.4, -0.2) is 4.98 Å². The number of benzene rings is 1. The van der Waals surface area contributed by atoms with Gasteiger partial charge in [-0.05, 0) is 25.1 Å². The van der Waals surface area contributed by atoms with E-state index in [9.17, 15) is 4.39 Å². The molecule has 1 aromatic carbocycles. The Morgan fingerprint density at radius 3 is 2.81 bits per heavy atom. The van der Waals surface area contributed by atoms with Crippen molar-refractivity contribution in [2.75, 3.05) is 0 Å². The van der Waals surface area contributed by atoms with Gasteiger partial charge in [0.2, 0.25) is 0 Å². The summed E-state index contributed by atoms with van der Waals surface area (Å²) in [7, 11) is 0. The summed E-state index contributed by atoms with van der Waals surface area (Å²) in [6.45, 7) is 2.38. The minimum Gasteiger partial charge on any atom is -0.325 e. The summed E-state index contributed by atoms with van der Waals surface area (Å²) in [5.74, 6) is -0.419. The van der Waals surface area contributed by atoms with Crippen LogP contribution in [0, 0.1) is 12.7 Å². The zero-order valence-corrected chi connectivity index (χ0v) is 10.2. The van der Waals surface area contributed by atoms with Gasteiger partial charge in [0.15, 0.2) is 0 Å². The lowest BCUT2D eigenvalue weighted by Gasteiger charge is -2.00. The van der Waals surface area contributed by atoms with Crippen molar-refractivity contribution in [1.29, 1.82) is 0 Å². The van der Waals surface area contributed by atoms with Crippen LogP contribution in [-0.2, 0) is 6.54 Å². The van der Waals surface area contributed by atoms with E-state index in [1.165, 1.54) is 6.07 Å². The van der Waals surface area contributed by atoms with Crippen LogP contribution in [0.15, 0.2) is 18.2 Å². The minimum atomic E-state index is -0.419. The second-order valence-corrected chi connectivity index (χ2v) is 5.04. The first-order valence-electron chi connectivity index (χ1n) is 4.73. The van der Waals surface area contributed by atoms with Crippen molar-refractivity contribution in [1.82, 2.24) is 4.98 Å². The van der Waals surface area contributed by atoms with Crippen LogP contribution >= 0.6 is 22.9 Å². The highest BCUT2D eigenvalue weighted by Crippen LogP contribution is 2.29. The zero-order chi connectivity index (χ0) is 11.7. The number of aromatic nitrogens is 1. The van der Waals surface area contributed by atoms with E-state index >= 15 is 0 Å². The molecule has 0 fully saturated rings. The highest BCUT2D eigenvalue weighted by atomic mass is 35.5. The largest absolute Gasteiger partial charge is 0.325 e. The van der Waals surface area contributed by atoms with E-state index in [4.69, 9.17) is 17.3 Å². The first-order valence-corrected chi connectivity index (χ1v) is 5.93. The Morgan fingerprint density at radius 2 is 2.25 bits per heavy atom. The second-order valence-electron chi connectivity index (χ2n) is 3.35. The molecule has 5 heteroatoms. The SMILES string of the molecule is Cc1sc(CN)nc1-c1ccc(F)c(Cl)c1. The molecule has 1 aromatic heterocycles. The summed E-state index contributed by atoms with van der Waals surface area (Å²) in [4.78, 5) is 5.44. The number of nitrogens with zero attached hydrogens (tertiary/aromatic N) is 1. The van der Waals surface area contributed by atoms with Gasteiger partial charge in [0, 0.05) is 17.0 Å². The molecular formula is C11H10ClFN2S. The molecule has 0 spiro atoms. The van der Waals surface area contributed by atoms with Gasteiger partial charge in [-0.3, -0.25) is 0 Å². The molecule has 0 aliphatic heterocycles. The van der Waals surface area contributed by atoms with Crippen molar-refractivity contribution in [2.24, 2.45) is 5.73 Å². The van der Waals surface area contributed by atoms with Crippen LogP contribution in [0.25, 0.3) is 11.3 Å². The van der Waals surface area contributed by atoms with Crippen LogP contribution in [0.2, 0.25) is 5.02 Å². The normalized spacial score (nSPS) is 10.8. The van der Waals surface area contributed by atoms with Crippen molar-refractivity contribution in [2.45, 2.75) is 13.5 Å². The Morgan fingerprint density at radius 1 is 1.50 bits per heavy atom. The Balaban J connectivity index is 2.49. The van der Waals surface area contributed by atoms with Gasteiger partial charge >= 0.3 is 0 Å². The van der Waals surface area contributed by atoms with Gasteiger partial charge in [0.1, 0.15) is 10.8 Å². The van der Waals surface area contributed by atoms with Gasteiger partial charge < -0.3 is 5.73 Å². The third kappa shape index (κ3) is 2.09. The Kier molecular flexibility index (Phi) is 3.23. The molecule has 0 aliphatic rings. The molecule has 84 valence electrons. The Bertz CT molecular complexity index is 525. The summed E-state index contributed by atoms with van der Waals surface area (Å²) >= 11 is 7.28. The maximum atomic E-state index is 13.0. The molecule has 1 heterocycles. The van der Waals surface area contributed by atoms with Gasteiger partial charge in [-0.25, -0.2) is 9.37 Å². The molecular weight excluding hydrogens is 247 g/mol. The fourth-order valence-corrected chi connectivity index (χ4v) is 2.46. The molecule has 2 N–H and O–H groups in total. The molecule has 0 saturated carbocycles. The molecule has 2 rings (SSSR count). The van der Waals surface area contributed by atoms with E-state index in [1.54, 1.807) is 23.5 Å². The summed E-state index contributed by atoms with van der Waals surface area (Å²) in [5, 5.41) is 0.979. The summed E-state index contributed by atoms with van der Waals surface area (Å²) in [6.07, 6.45) is 0. The topological polar surface area (TPSA) is 38.9 Å². The summed E-state index contributed by atoms with van der Waals surface area (Å²) < 4.78 is 13.0. The molecule has 0 saturated heterocycles. The van der Waals surface area contributed by atoms with E-state index in [0.29, 0.717) is 6.54 Å². The summed E-state index contributed by atoms with van der Waals surface area (Å²) in [6, 6.07) is 4.60. The number of rotatable bonds is 2. The van der Waals surface area contributed by atoms with E-state index in [2.05, 4.69) is 4.98 Å². The predicted octanol–water partition coefficient (Wildman–Crippen LogP) is 3.37. The molecule has 2 aromatic rings. The lowest BCUT2D eigenvalue weighted by Crippen LogP contribution is -1.94. The molecule has 0 radical (unpaired) electrons. The van der Waals surface area contributed by atoms with Crippen molar-refractivity contribution < 1.29 is 4.39 Å². The Hall–Kier alpha value is -0.970. The number of thiazole rings is 1. The number of hydrogen-bond acceptors (Lipinski definition) is 3. The molecule has 0 atom stereocenters. The molecule has 0 unspecified atom stereocenters. The van der Waals surface area contributed by atoms with Gasteiger partial charge in [-0.1, -0.05) is 11.6 Å². The fourth-order valence-electron chi connectivity index (χ4n) is 1.45. The van der Waals surface area contributed by atoms with Crippen molar-refractivity contribution >= 4 is 22.9 Å². The smallest absolute Gasteiger partial charge is 0.141 e. The first kappa shape index (κ1) is 11.5. The number of hydrogen-bond donors (Lipinski definition) is 1. The number of halogens is 2. The van der Waals surface area contributed by atoms with Crippen LogP contribution < -0.4 is 5.73 Å². The molecule has 2 nitrogen and oxygen atoms in total. The quantitative estimate of drug-likeness (QED) is 0.895. The third-order valence-corrected chi connectivity index (χ3v) is 3.49. The van der Waals surface area contributed by atoms with Gasteiger partial charge in [0.05, 0.1) is 10.7 Å². The minimum absolute atomic E-state index is 0.110. The van der Waals surface area contributed by atoms with Crippen molar-refractivity contribution in [3.8, 4) is 11.3 Å². The Labute approximate surface area is 102 Å². The molecule has 16 heavy (non-hydrogen) atoms. The van der Waals surface area contributed by atoms with Crippen molar-refractivity contribution in [3.63, 3.8) is 0 Å². The standard InChI is InChI=1S/C11H10ClFN2S/c1-6-11(15-10(5-14)16-6)7-2-3-9(13)8(12)4-7/h2-4H,5,14H2,1H3. The third-order valence-electron chi connectivity index (χ3n) is 2.21. The van der Waals surface area contributed by atoms with Gasteiger partial charge in [0.25, 0.3) is 0 Å². The van der Waals surface area contributed by atoms with Gasteiger partial charge in [-0.2, -0.15) is 0 Å². The van der Waals surface area contributed by atoms with Crippen LogP contribution in [0.3, 0.4) is 0 Å². The lowest BCUT2D eigenvalue weighted by atomic mass is 10.1. The maximum absolute atomic E-state index is 13.0. The van der Waals surface area contributed by atoms with E-state index in [1.807, 2.05) is 6.92 Å². The molecule has 0 amide bonds. The monoisotopic (exact) mass is 256 g/mol. The number of aryl methyl sites for hydroxylation is 1. The fraction of sp³-hybridized carbons (Fsp3) is 0.182. The number of nitrogens with two attached hydrogens (primary N) is 1. The predicted molar refractivity (Wildman–Crippen MR) is 65.1 cm³/mol. The van der Waals surface area contributed by atoms with E-state index in [0.717, 1.165) is 21.1 Å². The van der Waals surface area contributed by atoms with Crippen LogP contribution in [0.1, 0.15) is 9.88 Å². The second kappa shape index (κ2) is 4.49. The van der Waals surface area contributed by atoms with Crippen LogP contribution in [0.4, 0.5) is 4.39 Å². The average molecular weight is 257 g/mol. The molecule has 0 bridgehead atoms.